The Bertz CT molecular complexity index is 530. The van der Waals surface area contributed by atoms with Crippen LogP contribution in [0.25, 0.3) is 0 Å². The fourth-order valence-corrected chi connectivity index (χ4v) is 2.61. The maximum Gasteiger partial charge on any atom is 0.329 e. The van der Waals surface area contributed by atoms with Crippen molar-refractivity contribution in [3.05, 3.63) is 17.2 Å². The minimum atomic E-state index is -0.470. The number of carbonyl (C=O) groups is 2. The highest BCUT2D eigenvalue weighted by atomic mass is 35.5. The molecule has 0 aliphatic carbocycles. The molecule has 0 radical (unpaired) electrons. The number of likely N-dealkylation sites (tertiary alicyclic amines) is 1. The van der Waals surface area contributed by atoms with Crippen LogP contribution in [0.1, 0.15) is 38.4 Å². The first-order valence-corrected chi connectivity index (χ1v) is 7.54. The molecule has 1 unspecified atom stereocenters. The number of ether oxygens (including phenoxy) is 1. The highest BCUT2D eigenvalue weighted by Crippen LogP contribution is 2.20. The Balaban J connectivity index is 1.97. The van der Waals surface area contributed by atoms with Crippen LogP contribution in [-0.2, 0) is 28.0 Å². The molecule has 6 nitrogen and oxygen atoms in total. The fraction of sp³-hybridized carbons (Fsp3) is 0.643. The summed E-state index contributed by atoms with van der Waals surface area (Å²) in [5.74, 6) is 0.213. The van der Waals surface area contributed by atoms with Crippen molar-refractivity contribution in [2.45, 2.75) is 45.3 Å². The van der Waals surface area contributed by atoms with Gasteiger partial charge in [0.05, 0.1) is 6.20 Å². The molecule has 1 atom stereocenters. The molecule has 1 saturated heterocycles. The van der Waals surface area contributed by atoms with Crippen LogP contribution in [0, 0.1) is 0 Å². The number of esters is 1. The first kappa shape index (κ1) is 15.8. The van der Waals surface area contributed by atoms with Gasteiger partial charge in [-0.1, -0.05) is 18.5 Å². The molecule has 2 rings (SSSR count). The summed E-state index contributed by atoms with van der Waals surface area (Å²) in [6.45, 7) is 2.49. The summed E-state index contributed by atoms with van der Waals surface area (Å²) in [6, 6.07) is -0.470. The SMILES string of the molecule is CCC(=O)N1CCCCC1C(=O)OCc1ncc(Cl)n1C. The number of hydrogen-bond acceptors (Lipinski definition) is 4. The predicted molar refractivity (Wildman–Crippen MR) is 77.7 cm³/mol. The maximum absolute atomic E-state index is 12.2. The molecule has 116 valence electrons. The van der Waals surface area contributed by atoms with Crippen molar-refractivity contribution >= 4 is 23.5 Å². The summed E-state index contributed by atoms with van der Waals surface area (Å²) in [4.78, 5) is 29.8. The van der Waals surface area contributed by atoms with E-state index in [1.54, 1.807) is 23.4 Å². The van der Waals surface area contributed by atoms with Crippen molar-refractivity contribution < 1.29 is 14.3 Å². The summed E-state index contributed by atoms with van der Waals surface area (Å²) in [7, 11) is 1.76. The first-order chi connectivity index (χ1) is 10.0. The second-order valence-corrected chi connectivity index (χ2v) is 5.50. The maximum atomic E-state index is 12.2. The zero-order valence-electron chi connectivity index (χ0n) is 12.3. The molecule has 0 aromatic carbocycles. The van der Waals surface area contributed by atoms with E-state index in [1.807, 2.05) is 0 Å². The quantitative estimate of drug-likeness (QED) is 0.797. The van der Waals surface area contributed by atoms with Crippen molar-refractivity contribution in [2.24, 2.45) is 7.05 Å². The van der Waals surface area contributed by atoms with E-state index in [2.05, 4.69) is 4.98 Å². The second-order valence-electron chi connectivity index (χ2n) is 5.12. The number of amides is 1. The number of rotatable bonds is 4. The van der Waals surface area contributed by atoms with Crippen LogP contribution >= 0.6 is 11.6 Å². The molecule has 0 saturated carbocycles. The molecule has 0 bridgehead atoms. The molecule has 0 spiro atoms. The Morgan fingerprint density at radius 2 is 2.24 bits per heavy atom. The highest BCUT2D eigenvalue weighted by Gasteiger charge is 2.32. The number of halogens is 1. The van der Waals surface area contributed by atoms with Crippen molar-refractivity contribution in [3.63, 3.8) is 0 Å². The summed E-state index contributed by atoms with van der Waals surface area (Å²) in [5, 5.41) is 0.488. The van der Waals surface area contributed by atoms with Gasteiger partial charge < -0.3 is 14.2 Å². The minimum absolute atomic E-state index is 0.00307. The van der Waals surface area contributed by atoms with Crippen molar-refractivity contribution in [1.82, 2.24) is 14.5 Å². The second kappa shape index (κ2) is 6.93. The Hall–Kier alpha value is -1.56. The summed E-state index contributed by atoms with van der Waals surface area (Å²) in [5.41, 5.74) is 0. The van der Waals surface area contributed by atoms with Crippen LogP contribution in [-0.4, -0.2) is 38.9 Å². The van der Waals surface area contributed by atoms with Gasteiger partial charge >= 0.3 is 5.97 Å². The van der Waals surface area contributed by atoms with Gasteiger partial charge in [0.2, 0.25) is 5.91 Å². The number of carbonyl (C=O) groups excluding carboxylic acids is 2. The highest BCUT2D eigenvalue weighted by molar-refractivity contribution is 6.29. The molecule has 1 fully saturated rings. The molecule has 7 heteroatoms. The average molecular weight is 314 g/mol. The van der Waals surface area contributed by atoms with Crippen LogP contribution in [0.15, 0.2) is 6.20 Å². The monoisotopic (exact) mass is 313 g/mol. The molecule has 1 aromatic rings. The van der Waals surface area contributed by atoms with Gasteiger partial charge in [0, 0.05) is 20.0 Å². The number of nitrogens with zero attached hydrogens (tertiary/aromatic N) is 3. The van der Waals surface area contributed by atoms with Gasteiger partial charge in [-0.3, -0.25) is 4.79 Å². The van der Waals surface area contributed by atoms with E-state index in [4.69, 9.17) is 16.3 Å². The smallest absolute Gasteiger partial charge is 0.329 e. The zero-order valence-corrected chi connectivity index (χ0v) is 13.1. The van der Waals surface area contributed by atoms with Crippen LogP contribution in [0.3, 0.4) is 0 Å². The molecular formula is C14H20ClN3O3. The van der Waals surface area contributed by atoms with Crippen molar-refractivity contribution in [2.75, 3.05) is 6.54 Å². The summed E-state index contributed by atoms with van der Waals surface area (Å²) >= 11 is 5.88. The normalized spacial score (nSPS) is 18.6. The van der Waals surface area contributed by atoms with E-state index >= 15 is 0 Å². The zero-order chi connectivity index (χ0) is 15.4. The lowest BCUT2D eigenvalue weighted by Gasteiger charge is -2.33. The average Bonchev–Trinajstić information content (AvgIpc) is 2.83. The van der Waals surface area contributed by atoms with Gasteiger partial charge in [0.15, 0.2) is 0 Å². The molecule has 1 aliphatic heterocycles. The van der Waals surface area contributed by atoms with Gasteiger partial charge in [-0.05, 0) is 19.3 Å². The third-order valence-corrected chi connectivity index (χ3v) is 4.12. The van der Waals surface area contributed by atoms with Gasteiger partial charge in [0.25, 0.3) is 0 Å². The van der Waals surface area contributed by atoms with E-state index < -0.39 is 6.04 Å². The van der Waals surface area contributed by atoms with Crippen LogP contribution in [0.4, 0.5) is 0 Å². The van der Waals surface area contributed by atoms with Crippen LogP contribution in [0.5, 0.6) is 0 Å². The number of piperidine rings is 1. The predicted octanol–water partition coefficient (Wildman–Crippen LogP) is 1.91. The molecular weight excluding hydrogens is 294 g/mol. The number of aromatic nitrogens is 2. The van der Waals surface area contributed by atoms with E-state index in [9.17, 15) is 9.59 Å². The van der Waals surface area contributed by atoms with Crippen molar-refractivity contribution in [1.29, 1.82) is 0 Å². The first-order valence-electron chi connectivity index (χ1n) is 7.16. The Kier molecular flexibility index (Phi) is 5.22. The van der Waals surface area contributed by atoms with E-state index in [0.29, 0.717) is 30.4 Å². The molecule has 1 amide bonds. The lowest BCUT2D eigenvalue weighted by Crippen LogP contribution is -2.48. The lowest BCUT2D eigenvalue weighted by atomic mass is 10.0. The van der Waals surface area contributed by atoms with Crippen molar-refractivity contribution in [3.8, 4) is 0 Å². The Morgan fingerprint density at radius 3 is 2.86 bits per heavy atom. The van der Waals surface area contributed by atoms with Crippen LogP contribution in [0.2, 0.25) is 5.15 Å². The molecule has 0 N–H and O–H groups in total. The molecule has 1 aromatic heterocycles. The number of imidazole rings is 1. The lowest BCUT2D eigenvalue weighted by molar-refractivity contribution is -0.158. The summed E-state index contributed by atoms with van der Waals surface area (Å²) < 4.78 is 6.97. The Labute approximate surface area is 129 Å². The van der Waals surface area contributed by atoms with Gasteiger partial charge in [-0.25, -0.2) is 9.78 Å². The molecule has 2 heterocycles. The molecule has 21 heavy (non-hydrogen) atoms. The third kappa shape index (κ3) is 3.56. The molecule has 1 aliphatic rings. The van der Waals surface area contributed by atoms with E-state index in [1.165, 1.54) is 6.20 Å². The minimum Gasteiger partial charge on any atom is -0.456 e. The van der Waals surface area contributed by atoms with Gasteiger partial charge in [0.1, 0.15) is 23.6 Å². The van der Waals surface area contributed by atoms with Crippen LogP contribution < -0.4 is 0 Å². The topological polar surface area (TPSA) is 64.4 Å². The fourth-order valence-electron chi connectivity index (χ4n) is 2.47. The largest absolute Gasteiger partial charge is 0.456 e. The van der Waals surface area contributed by atoms with E-state index in [-0.39, 0.29) is 18.5 Å². The third-order valence-electron chi connectivity index (χ3n) is 3.77. The van der Waals surface area contributed by atoms with Gasteiger partial charge in [-0.2, -0.15) is 0 Å². The van der Waals surface area contributed by atoms with Gasteiger partial charge in [-0.15, -0.1) is 0 Å². The van der Waals surface area contributed by atoms with E-state index in [0.717, 1.165) is 12.8 Å². The standard InChI is InChI=1S/C14H20ClN3O3/c1-3-13(19)18-7-5-4-6-10(18)14(20)21-9-12-16-8-11(15)17(12)2/h8,10H,3-7,9H2,1-2H3. The Morgan fingerprint density at radius 1 is 1.48 bits per heavy atom. The number of hydrogen-bond donors (Lipinski definition) is 0. The summed E-state index contributed by atoms with van der Waals surface area (Å²) in [6.07, 6.45) is 4.44.